The van der Waals surface area contributed by atoms with Crippen molar-refractivity contribution < 1.29 is 17.9 Å². The van der Waals surface area contributed by atoms with Gasteiger partial charge in [-0.3, -0.25) is 0 Å². The van der Waals surface area contributed by atoms with Crippen molar-refractivity contribution in [2.75, 3.05) is 19.5 Å². The predicted octanol–water partition coefficient (Wildman–Crippen LogP) is 0.500. The fourth-order valence-electron chi connectivity index (χ4n) is 1.13. The standard InChI is InChI=1S/C10H15NO4S/c1-14-10-4-2-3-9(7-10)8-15-5-6-16(11,12)13/h2-4,7H,5-6,8H2,1H3,(H2,11,12,13). The number of nitrogens with two attached hydrogens (primary N) is 1. The molecule has 0 spiro atoms. The van der Waals surface area contributed by atoms with Gasteiger partial charge in [0.15, 0.2) is 0 Å². The monoisotopic (exact) mass is 245 g/mol. The number of rotatable bonds is 6. The van der Waals surface area contributed by atoms with Gasteiger partial charge in [0, 0.05) is 0 Å². The van der Waals surface area contributed by atoms with Crippen LogP contribution in [0, 0.1) is 0 Å². The largest absolute Gasteiger partial charge is 0.497 e. The van der Waals surface area contributed by atoms with E-state index in [1.807, 2.05) is 24.3 Å². The highest BCUT2D eigenvalue weighted by atomic mass is 32.2. The number of methoxy groups -OCH3 is 1. The molecular formula is C10H15NO4S. The Labute approximate surface area is 95.2 Å². The molecule has 16 heavy (non-hydrogen) atoms. The second-order valence-electron chi connectivity index (χ2n) is 3.27. The van der Waals surface area contributed by atoms with Crippen molar-refractivity contribution in [3.05, 3.63) is 29.8 Å². The molecule has 2 N–H and O–H groups in total. The Bertz CT molecular complexity index is 430. The van der Waals surface area contributed by atoms with Gasteiger partial charge in [0.2, 0.25) is 10.0 Å². The molecular weight excluding hydrogens is 230 g/mol. The summed E-state index contributed by atoms with van der Waals surface area (Å²) in [6.07, 6.45) is 0. The van der Waals surface area contributed by atoms with Crippen LogP contribution in [0.2, 0.25) is 0 Å². The first-order chi connectivity index (χ1) is 7.51. The summed E-state index contributed by atoms with van der Waals surface area (Å²) in [5.41, 5.74) is 0.925. The maximum Gasteiger partial charge on any atom is 0.211 e. The molecule has 90 valence electrons. The number of hydrogen-bond acceptors (Lipinski definition) is 4. The van der Waals surface area contributed by atoms with Crippen LogP contribution in [-0.4, -0.2) is 27.9 Å². The molecule has 0 saturated carbocycles. The van der Waals surface area contributed by atoms with Crippen LogP contribution in [0.4, 0.5) is 0 Å². The van der Waals surface area contributed by atoms with Gasteiger partial charge in [0.1, 0.15) is 5.75 Å². The predicted molar refractivity (Wildman–Crippen MR) is 60.6 cm³/mol. The van der Waals surface area contributed by atoms with E-state index >= 15 is 0 Å². The van der Waals surface area contributed by atoms with Crippen LogP contribution in [0.1, 0.15) is 5.56 Å². The average Bonchev–Trinajstić information content (AvgIpc) is 2.23. The summed E-state index contributed by atoms with van der Waals surface area (Å²) in [6, 6.07) is 7.38. The highest BCUT2D eigenvalue weighted by Crippen LogP contribution is 2.12. The second kappa shape index (κ2) is 5.83. The summed E-state index contributed by atoms with van der Waals surface area (Å²) >= 11 is 0. The van der Waals surface area contributed by atoms with Crippen molar-refractivity contribution in [3.63, 3.8) is 0 Å². The molecule has 0 aliphatic heterocycles. The van der Waals surface area contributed by atoms with Gasteiger partial charge in [-0.1, -0.05) is 12.1 Å². The Kier molecular flexibility index (Phi) is 4.72. The minimum absolute atomic E-state index is 0.0933. The maximum atomic E-state index is 10.6. The lowest BCUT2D eigenvalue weighted by atomic mass is 10.2. The van der Waals surface area contributed by atoms with Gasteiger partial charge in [0.25, 0.3) is 0 Å². The average molecular weight is 245 g/mol. The van der Waals surface area contributed by atoms with E-state index in [-0.39, 0.29) is 12.4 Å². The molecule has 0 atom stereocenters. The molecule has 1 rings (SSSR count). The zero-order chi connectivity index (χ0) is 12.0. The highest BCUT2D eigenvalue weighted by Gasteiger charge is 2.02. The van der Waals surface area contributed by atoms with E-state index in [2.05, 4.69) is 0 Å². The Morgan fingerprint density at radius 1 is 1.38 bits per heavy atom. The number of sulfonamides is 1. The molecule has 1 aromatic carbocycles. The van der Waals surface area contributed by atoms with E-state index < -0.39 is 10.0 Å². The number of benzene rings is 1. The van der Waals surface area contributed by atoms with Crippen LogP contribution in [-0.2, 0) is 21.4 Å². The van der Waals surface area contributed by atoms with Gasteiger partial charge >= 0.3 is 0 Å². The Balaban J connectivity index is 2.37. The van der Waals surface area contributed by atoms with E-state index in [1.54, 1.807) is 7.11 Å². The fourth-order valence-corrected chi connectivity index (χ4v) is 1.48. The van der Waals surface area contributed by atoms with Crippen LogP contribution in [0.5, 0.6) is 5.75 Å². The molecule has 1 aromatic rings. The number of hydrogen-bond donors (Lipinski definition) is 1. The third kappa shape index (κ3) is 5.11. The van der Waals surface area contributed by atoms with Crippen LogP contribution in [0.15, 0.2) is 24.3 Å². The molecule has 0 bridgehead atoms. The smallest absolute Gasteiger partial charge is 0.211 e. The van der Waals surface area contributed by atoms with E-state index in [0.29, 0.717) is 6.61 Å². The normalized spacial score (nSPS) is 11.4. The van der Waals surface area contributed by atoms with E-state index in [1.165, 1.54) is 0 Å². The summed E-state index contributed by atoms with van der Waals surface area (Å²) in [4.78, 5) is 0. The Morgan fingerprint density at radius 3 is 2.75 bits per heavy atom. The lowest BCUT2D eigenvalue weighted by Crippen LogP contribution is -2.20. The third-order valence-corrected chi connectivity index (χ3v) is 2.65. The lowest BCUT2D eigenvalue weighted by Gasteiger charge is -2.05. The van der Waals surface area contributed by atoms with Gasteiger partial charge in [-0.25, -0.2) is 13.6 Å². The first-order valence-electron chi connectivity index (χ1n) is 4.72. The summed E-state index contributed by atoms with van der Waals surface area (Å²) < 4.78 is 31.5. The summed E-state index contributed by atoms with van der Waals surface area (Å²) in [7, 11) is -1.86. The van der Waals surface area contributed by atoms with Gasteiger partial charge in [-0.15, -0.1) is 0 Å². The van der Waals surface area contributed by atoms with Crippen LogP contribution >= 0.6 is 0 Å². The zero-order valence-corrected chi connectivity index (χ0v) is 9.87. The van der Waals surface area contributed by atoms with E-state index in [4.69, 9.17) is 14.6 Å². The molecule has 0 saturated heterocycles. The molecule has 0 fully saturated rings. The molecule has 0 aliphatic rings. The highest BCUT2D eigenvalue weighted by molar-refractivity contribution is 7.89. The van der Waals surface area contributed by atoms with Crippen molar-refractivity contribution in [3.8, 4) is 5.75 Å². The first-order valence-corrected chi connectivity index (χ1v) is 6.44. The zero-order valence-electron chi connectivity index (χ0n) is 9.05. The van der Waals surface area contributed by atoms with E-state index in [9.17, 15) is 8.42 Å². The van der Waals surface area contributed by atoms with Crippen LogP contribution in [0.25, 0.3) is 0 Å². The van der Waals surface area contributed by atoms with E-state index in [0.717, 1.165) is 11.3 Å². The molecule has 0 amide bonds. The molecule has 0 unspecified atom stereocenters. The summed E-state index contributed by atoms with van der Waals surface area (Å²) in [6.45, 7) is 0.433. The Morgan fingerprint density at radius 2 is 2.12 bits per heavy atom. The lowest BCUT2D eigenvalue weighted by molar-refractivity contribution is 0.135. The van der Waals surface area contributed by atoms with Crippen molar-refractivity contribution in [2.45, 2.75) is 6.61 Å². The van der Waals surface area contributed by atoms with Crippen LogP contribution < -0.4 is 9.88 Å². The minimum atomic E-state index is -3.44. The molecule has 5 nitrogen and oxygen atoms in total. The third-order valence-electron chi connectivity index (χ3n) is 1.92. The van der Waals surface area contributed by atoms with Crippen molar-refractivity contribution >= 4 is 10.0 Å². The summed E-state index contributed by atoms with van der Waals surface area (Å²) in [5, 5.41) is 4.83. The maximum absolute atomic E-state index is 10.6. The molecule has 0 radical (unpaired) electrons. The molecule has 0 heterocycles. The molecule has 0 aliphatic carbocycles. The topological polar surface area (TPSA) is 78.6 Å². The Hall–Kier alpha value is -1.11. The molecule has 0 aromatic heterocycles. The van der Waals surface area contributed by atoms with Crippen molar-refractivity contribution in [1.82, 2.24) is 0 Å². The summed E-state index contributed by atoms with van der Waals surface area (Å²) in [5.74, 6) is 0.573. The minimum Gasteiger partial charge on any atom is -0.497 e. The second-order valence-corrected chi connectivity index (χ2v) is 5.01. The fraction of sp³-hybridized carbons (Fsp3) is 0.400. The quantitative estimate of drug-likeness (QED) is 0.740. The van der Waals surface area contributed by atoms with Crippen molar-refractivity contribution in [1.29, 1.82) is 0 Å². The number of ether oxygens (including phenoxy) is 2. The van der Waals surface area contributed by atoms with Gasteiger partial charge in [-0.05, 0) is 17.7 Å². The first kappa shape index (κ1) is 13.0. The van der Waals surface area contributed by atoms with Gasteiger partial charge in [-0.2, -0.15) is 0 Å². The van der Waals surface area contributed by atoms with Crippen molar-refractivity contribution in [2.24, 2.45) is 5.14 Å². The SMILES string of the molecule is COc1cccc(COCCS(N)(=O)=O)c1. The molecule has 6 heteroatoms. The number of primary sulfonamides is 1. The van der Waals surface area contributed by atoms with Gasteiger partial charge < -0.3 is 9.47 Å². The van der Waals surface area contributed by atoms with Gasteiger partial charge in [0.05, 0.1) is 26.1 Å². The van der Waals surface area contributed by atoms with Crippen LogP contribution in [0.3, 0.4) is 0 Å².